The SMILES string of the molecule is Oc1c(F)cc(CSc2ccnc3ccccc23)cc1F. The van der Waals surface area contributed by atoms with Crippen molar-refractivity contribution in [1.29, 1.82) is 0 Å². The van der Waals surface area contributed by atoms with E-state index in [2.05, 4.69) is 4.98 Å². The topological polar surface area (TPSA) is 33.1 Å². The number of benzene rings is 2. The highest BCUT2D eigenvalue weighted by Gasteiger charge is 2.10. The molecule has 0 bridgehead atoms. The van der Waals surface area contributed by atoms with E-state index in [1.807, 2.05) is 30.3 Å². The predicted molar refractivity (Wildman–Crippen MR) is 79.3 cm³/mol. The van der Waals surface area contributed by atoms with Crippen LogP contribution in [-0.4, -0.2) is 10.1 Å². The Morgan fingerprint density at radius 1 is 1.05 bits per heavy atom. The lowest BCUT2D eigenvalue weighted by Crippen LogP contribution is -1.89. The van der Waals surface area contributed by atoms with Crippen LogP contribution < -0.4 is 0 Å². The number of pyridine rings is 1. The molecular weight excluding hydrogens is 292 g/mol. The first-order chi connectivity index (χ1) is 10.1. The maximum absolute atomic E-state index is 13.3. The van der Waals surface area contributed by atoms with Gasteiger partial charge in [-0.1, -0.05) is 18.2 Å². The summed E-state index contributed by atoms with van der Waals surface area (Å²) in [6.45, 7) is 0. The van der Waals surface area contributed by atoms with Crippen LogP contribution in [0.2, 0.25) is 0 Å². The molecule has 1 aromatic heterocycles. The summed E-state index contributed by atoms with van der Waals surface area (Å²) in [4.78, 5) is 5.27. The zero-order valence-corrected chi connectivity index (χ0v) is 11.7. The van der Waals surface area contributed by atoms with Crippen LogP contribution in [0.25, 0.3) is 10.9 Å². The normalized spacial score (nSPS) is 11.0. The number of aromatic hydroxyl groups is 1. The Morgan fingerprint density at radius 3 is 2.52 bits per heavy atom. The average Bonchev–Trinajstić information content (AvgIpc) is 2.50. The van der Waals surface area contributed by atoms with Crippen LogP contribution in [0.3, 0.4) is 0 Å². The highest BCUT2D eigenvalue weighted by molar-refractivity contribution is 7.98. The first-order valence-electron chi connectivity index (χ1n) is 6.28. The van der Waals surface area contributed by atoms with Crippen molar-refractivity contribution in [3.05, 3.63) is 65.9 Å². The van der Waals surface area contributed by atoms with Crippen LogP contribution in [0.4, 0.5) is 8.78 Å². The molecule has 0 aliphatic carbocycles. The van der Waals surface area contributed by atoms with E-state index in [1.54, 1.807) is 6.20 Å². The maximum atomic E-state index is 13.3. The number of thioether (sulfide) groups is 1. The lowest BCUT2D eigenvalue weighted by Gasteiger charge is -2.07. The lowest BCUT2D eigenvalue weighted by molar-refractivity contribution is 0.395. The summed E-state index contributed by atoms with van der Waals surface area (Å²) in [6.07, 6.45) is 1.71. The van der Waals surface area contributed by atoms with Crippen molar-refractivity contribution in [2.75, 3.05) is 0 Å². The molecule has 0 saturated heterocycles. The van der Waals surface area contributed by atoms with Gasteiger partial charge in [-0.15, -0.1) is 11.8 Å². The zero-order valence-electron chi connectivity index (χ0n) is 10.9. The number of phenols is 1. The summed E-state index contributed by atoms with van der Waals surface area (Å²) in [5.74, 6) is -2.41. The second kappa shape index (κ2) is 5.69. The van der Waals surface area contributed by atoms with Crippen molar-refractivity contribution in [1.82, 2.24) is 4.98 Å². The highest BCUT2D eigenvalue weighted by atomic mass is 32.2. The third-order valence-electron chi connectivity index (χ3n) is 3.08. The molecule has 0 radical (unpaired) electrons. The van der Waals surface area contributed by atoms with Crippen LogP contribution in [0, 0.1) is 11.6 Å². The molecule has 3 rings (SSSR count). The Morgan fingerprint density at radius 2 is 1.76 bits per heavy atom. The van der Waals surface area contributed by atoms with E-state index >= 15 is 0 Å². The third-order valence-corrected chi connectivity index (χ3v) is 4.22. The summed E-state index contributed by atoms with van der Waals surface area (Å²) in [5, 5.41) is 10.1. The van der Waals surface area contributed by atoms with Crippen LogP contribution in [-0.2, 0) is 5.75 Å². The van der Waals surface area contributed by atoms with Gasteiger partial charge in [0.1, 0.15) is 0 Å². The monoisotopic (exact) mass is 303 g/mol. The fraction of sp³-hybridized carbons (Fsp3) is 0.0625. The van der Waals surface area contributed by atoms with E-state index in [0.29, 0.717) is 11.3 Å². The maximum Gasteiger partial charge on any atom is 0.187 e. The summed E-state index contributed by atoms with van der Waals surface area (Å²) in [6, 6.07) is 11.9. The minimum Gasteiger partial charge on any atom is -0.503 e. The molecule has 0 atom stereocenters. The molecule has 0 aliphatic rings. The summed E-state index contributed by atoms with van der Waals surface area (Å²) in [7, 11) is 0. The van der Waals surface area contributed by atoms with Gasteiger partial charge in [-0.25, -0.2) is 8.78 Å². The number of aromatic nitrogens is 1. The number of fused-ring (bicyclic) bond motifs is 1. The molecule has 0 unspecified atom stereocenters. The van der Waals surface area contributed by atoms with Gasteiger partial charge >= 0.3 is 0 Å². The first kappa shape index (κ1) is 13.8. The van der Waals surface area contributed by atoms with Crippen molar-refractivity contribution in [3.8, 4) is 5.75 Å². The van der Waals surface area contributed by atoms with Crippen LogP contribution in [0.1, 0.15) is 5.56 Å². The smallest absolute Gasteiger partial charge is 0.187 e. The number of rotatable bonds is 3. The quantitative estimate of drug-likeness (QED) is 0.723. The fourth-order valence-corrected chi connectivity index (χ4v) is 3.03. The molecule has 0 aliphatic heterocycles. The number of hydrogen-bond acceptors (Lipinski definition) is 3. The molecule has 1 N–H and O–H groups in total. The molecule has 0 spiro atoms. The first-order valence-corrected chi connectivity index (χ1v) is 7.27. The van der Waals surface area contributed by atoms with Crippen molar-refractivity contribution >= 4 is 22.7 Å². The van der Waals surface area contributed by atoms with Crippen LogP contribution in [0.15, 0.2) is 53.6 Å². The Balaban J connectivity index is 1.87. The molecule has 21 heavy (non-hydrogen) atoms. The predicted octanol–water partition coefficient (Wildman–Crippen LogP) is 4.51. The second-order valence-corrected chi connectivity index (χ2v) is 5.54. The number of phenolic OH excluding ortho intramolecular Hbond substituents is 1. The van der Waals surface area contributed by atoms with Gasteiger partial charge < -0.3 is 5.11 Å². The van der Waals surface area contributed by atoms with Crippen molar-refractivity contribution < 1.29 is 13.9 Å². The van der Waals surface area contributed by atoms with E-state index in [4.69, 9.17) is 5.11 Å². The van der Waals surface area contributed by atoms with E-state index < -0.39 is 17.4 Å². The number of nitrogens with zero attached hydrogens (tertiary/aromatic N) is 1. The van der Waals surface area contributed by atoms with Gasteiger partial charge in [0.2, 0.25) is 0 Å². The summed E-state index contributed by atoms with van der Waals surface area (Å²) in [5.41, 5.74) is 1.36. The van der Waals surface area contributed by atoms with Gasteiger partial charge in [-0.2, -0.15) is 0 Å². The Labute approximate surface area is 124 Å². The van der Waals surface area contributed by atoms with E-state index in [1.165, 1.54) is 11.8 Å². The Bertz CT molecular complexity index is 779. The molecule has 106 valence electrons. The lowest BCUT2D eigenvalue weighted by atomic mass is 10.2. The van der Waals surface area contributed by atoms with Gasteiger partial charge in [0.05, 0.1) is 5.52 Å². The number of hydrogen-bond donors (Lipinski definition) is 1. The van der Waals surface area contributed by atoms with Gasteiger partial charge in [-0.05, 0) is 29.8 Å². The minimum absolute atomic E-state index is 0.405. The molecule has 2 aromatic carbocycles. The summed E-state index contributed by atoms with van der Waals surface area (Å²) < 4.78 is 26.6. The van der Waals surface area contributed by atoms with Crippen LogP contribution in [0.5, 0.6) is 5.75 Å². The van der Waals surface area contributed by atoms with Gasteiger partial charge in [0, 0.05) is 22.2 Å². The Kier molecular flexibility index (Phi) is 3.75. The average molecular weight is 303 g/mol. The van der Waals surface area contributed by atoms with Crippen molar-refractivity contribution in [2.45, 2.75) is 10.6 Å². The summed E-state index contributed by atoms with van der Waals surface area (Å²) >= 11 is 1.47. The van der Waals surface area contributed by atoms with Crippen molar-refractivity contribution in [3.63, 3.8) is 0 Å². The highest BCUT2D eigenvalue weighted by Crippen LogP contribution is 2.30. The Hall–Kier alpha value is -2.14. The molecule has 0 fully saturated rings. The molecule has 5 heteroatoms. The van der Waals surface area contributed by atoms with Gasteiger partial charge in [0.25, 0.3) is 0 Å². The number of halogens is 2. The molecule has 1 heterocycles. The van der Waals surface area contributed by atoms with E-state index in [9.17, 15) is 8.78 Å². The van der Waals surface area contributed by atoms with Gasteiger partial charge in [0.15, 0.2) is 17.4 Å². The zero-order chi connectivity index (χ0) is 14.8. The van der Waals surface area contributed by atoms with Gasteiger partial charge in [-0.3, -0.25) is 4.98 Å². The molecule has 0 saturated carbocycles. The standard InChI is InChI=1S/C16H11F2NOS/c17-12-7-10(8-13(18)16(12)20)9-21-15-5-6-19-14-4-2-1-3-11(14)15/h1-8,20H,9H2. The molecule has 0 amide bonds. The second-order valence-electron chi connectivity index (χ2n) is 4.52. The van der Waals surface area contributed by atoms with Crippen molar-refractivity contribution in [2.24, 2.45) is 0 Å². The molecule has 2 nitrogen and oxygen atoms in total. The minimum atomic E-state index is -0.940. The molecule has 3 aromatic rings. The van der Waals surface area contributed by atoms with E-state index in [0.717, 1.165) is 27.9 Å². The van der Waals surface area contributed by atoms with Crippen LogP contribution >= 0.6 is 11.8 Å². The third kappa shape index (κ3) is 2.83. The number of para-hydroxylation sites is 1. The van der Waals surface area contributed by atoms with E-state index in [-0.39, 0.29) is 0 Å². The largest absolute Gasteiger partial charge is 0.503 e. The molecular formula is C16H11F2NOS. The fourth-order valence-electron chi connectivity index (χ4n) is 2.06.